The first kappa shape index (κ1) is 36.1. The van der Waals surface area contributed by atoms with E-state index in [-0.39, 0.29) is 0 Å². The molecule has 0 spiro atoms. The number of anilines is 3. The molecule has 11 rings (SSSR count). The lowest BCUT2D eigenvalue weighted by Gasteiger charge is -2.26. The van der Waals surface area contributed by atoms with Crippen molar-refractivity contribution >= 4 is 72.3 Å². The van der Waals surface area contributed by atoms with Crippen molar-refractivity contribution in [2.45, 2.75) is 0 Å². The van der Waals surface area contributed by atoms with Crippen molar-refractivity contribution in [3.63, 3.8) is 0 Å². The van der Waals surface area contributed by atoms with E-state index in [1.807, 2.05) is 0 Å². The highest BCUT2D eigenvalue weighted by atomic mass is 15.1. The molecule has 286 valence electrons. The molecule has 61 heavy (non-hydrogen) atoms. The number of rotatable bonds is 8. The first-order valence-corrected chi connectivity index (χ1v) is 21.0. The van der Waals surface area contributed by atoms with Crippen molar-refractivity contribution in [2.75, 3.05) is 4.90 Å². The fourth-order valence-corrected chi connectivity index (χ4v) is 9.14. The molecule has 0 atom stereocenters. The van der Waals surface area contributed by atoms with Gasteiger partial charge in [0, 0.05) is 17.1 Å². The van der Waals surface area contributed by atoms with Crippen LogP contribution in [0.15, 0.2) is 237 Å². The minimum Gasteiger partial charge on any atom is -0.310 e. The summed E-state index contributed by atoms with van der Waals surface area (Å²) in [6.45, 7) is 0. The predicted octanol–water partition coefficient (Wildman–Crippen LogP) is 16.9. The van der Waals surface area contributed by atoms with Crippen molar-refractivity contribution in [3.05, 3.63) is 248 Å². The monoisotopic (exact) mass is 775 g/mol. The third kappa shape index (κ3) is 6.73. The molecular weight excluding hydrogens is 735 g/mol. The van der Waals surface area contributed by atoms with E-state index < -0.39 is 0 Å². The van der Waals surface area contributed by atoms with Crippen molar-refractivity contribution in [1.29, 1.82) is 0 Å². The van der Waals surface area contributed by atoms with Crippen LogP contribution in [0, 0.1) is 0 Å². The Morgan fingerprint density at radius 3 is 1.44 bits per heavy atom. The van der Waals surface area contributed by atoms with Crippen molar-refractivity contribution in [2.24, 2.45) is 0 Å². The zero-order valence-electron chi connectivity index (χ0n) is 33.6. The summed E-state index contributed by atoms with van der Waals surface area (Å²) in [6, 6.07) is 85.8. The number of benzene rings is 11. The summed E-state index contributed by atoms with van der Waals surface area (Å²) in [6.07, 6.45) is 4.48. The topological polar surface area (TPSA) is 3.24 Å². The molecule has 0 aliphatic heterocycles. The molecule has 0 fully saturated rings. The predicted molar refractivity (Wildman–Crippen MR) is 263 cm³/mol. The molecule has 0 saturated heterocycles. The molecule has 0 heterocycles. The maximum absolute atomic E-state index is 2.35. The van der Waals surface area contributed by atoms with Crippen molar-refractivity contribution < 1.29 is 0 Å². The Morgan fingerprint density at radius 2 is 0.770 bits per heavy atom. The summed E-state index contributed by atoms with van der Waals surface area (Å²) in [7, 11) is 0. The van der Waals surface area contributed by atoms with Crippen LogP contribution < -0.4 is 4.90 Å². The van der Waals surface area contributed by atoms with E-state index in [2.05, 4.69) is 254 Å². The molecule has 1 nitrogen and oxygen atoms in total. The number of para-hydroxylation sites is 1. The van der Waals surface area contributed by atoms with Crippen LogP contribution in [-0.4, -0.2) is 0 Å². The maximum Gasteiger partial charge on any atom is 0.0468 e. The van der Waals surface area contributed by atoms with Gasteiger partial charge < -0.3 is 4.90 Å². The van der Waals surface area contributed by atoms with Crippen LogP contribution in [0.4, 0.5) is 17.1 Å². The van der Waals surface area contributed by atoms with E-state index >= 15 is 0 Å². The average Bonchev–Trinajstić information content (AvgIpc) is 3.34. The molecule has 0 aliphatic rings. The quantitative estimate of drug-likeness (QED) is 0.110. The Kier molecular flexibility index (Phi) is 9.26. The highest BCUT2D eigenvalue weighted by Gasteiger charge is 2.19. The molecule has 0 radical (unpaired) electrons. The van der Waals surface area contributed by atoms with Crippen molar-refractivity contribution in [1.82, 2.24) is 0 Å². The largest absolute Gasteiger partial charge is 0.310 e. The molecule has 0 saturated carbocycles. The summed E-state index contributed by atoms with van der Waals surface area (Å²) in [5.74, 6) is 0. The lowest BCUT2D eigenvalue weighted by atomic mass is 9.84. The number of hydrogen-bond acceptors (Lipinski definition) is 1. The van der Waals surface area contributed by atoms with E-state index in [0.717, 1.165) is 17.1 Å². The van der Waals surface area contributed by atoms with Gasteiger partial charge >= 0.3 is 0 Å². The van der Waals surface area contributed by atoms with Gasteiger partial charge in [0.25, 0.3) is 0 Å². The zero-order valence-corrected chi connectivity index (χ0v) is 33.6. The second-order valence-electron chi connectivity index (χ2n) is 15.7. The van der Waals surface area contributed by atoms with E-state index in [9.17, 15) is 0 Å². The van der Waals surface area contributed by atoms with Gasteiger partial charge in [0.2, 0.25) is 0 Å². The molecule has 0 aliphatic carbocycles. The summed E-state index contributed by atoms with van der Waals surface area (Å²) < 4.78 is 0. The van der Waals surface area contributed by atoms with E-state index in [1.165, 1.54) is 87.6 Å². The van der Waals surface area contributed by atoms with Crippen LogP contribution in [0.2, 0.25) is 0 Å². The lowest BCUT2D eigenvalue weighted by Crippen LogP contribution is -2.09. The fourth-order valence-electron chi connectivity index (χ4n) is 9.14. The number of nitrogens with zero attached hydrogens (tertiary/aromatic N) is 1. The standard InChI is InChI=1S/C60H41N/c1-3-15-43(16-4-1)45-30-27-42(28-31-45)29-32-46-36-40-58(53-22-10-9-21-52(46)53)60-56-25-13-11-23-54(56)59(55-24-12-14-26-57(55)60)47-34-37-50(38-35-47)61(49-19-5-2-6-20-49)51-39-33-44-17-7-8-18-48(44)41-51/h1-41H. The van der Waals surface area contributed by atoms with Gasteiger partial charge in [-0.15, -0.1) is 0 Å². The molecule has 11 aromatic rings. The normalized spacial score (nSPS) is 11.5. The molecule has 0 unspecified atom stereocenters. The van der Waals surface area contributed by atoms with E-state index in [0.29, 0.717) is 0 Å². The van der Waals surface area contributed by atoms with Crippen LogP contribution in [0.25, 0.3) is 88.6 Å². The summed E-state index contributed by atoms with van der Waals surface area (Å²) in [4.78, 5) is 2.35. The minimum atomic E-state index is 1.11. The number of hydrogen-bond donors (Lipinski definition) is 0. The molecule has 0 N–H and O–H groups in total. The maximum atomic E-state index is 2.35. The van der Waals surface area contributed by atoms with E-state index in [4.69, 9.17) is 0 Å². The molecule has 0 aromatic heterocycles. The van der Waals surface area contributed by atoms with Crippen LogP contribution in [0.5, 0.6) is 0 Å². The van der Waals surface area contributed by atoms with Crippen LogP contribution in [-0.2, 0) is 0 Å². The Balaban J connectivity index is 1.01. The number of fused-ring (bicyclic) bond motifs is 4. The zero-order chi connectivity index (χ0) is 40.5. The third-order valence-electron chi connectivity index (χ3n) is 12.1. The van der Waals surface area contributed by atoms with Crippen LogP contribution in [0.3, 0.4) is 0 Å². The Hall–Kier alpha value is -8.00. The summed E-state index contributed by atoms with van der Waals surface area (Å²) in [5, 5.41) is 9.91. The van der Waals surface area contributed by atoms with Gasteiger partial charge in [-0.2, -0.15) is 0 Å². The molecule has 1 heteroatoms. The Labute approximate surface area is 356 Å². The fraction of sp³-hybridized carbons (Fsp3) is 0. The van der Waals surface area contributed by atoms with Gasteiger partial charge in [-0.25, -0.2) is 0 Å². The SMILES string of the molecule is C(=Cc1ccc(-c2c3ccccc3c(-c3ccc(N(c4ccccc4)c4ccc5ccccc5c4)cc3)c3ccccc23)c2ccccc12)c1ccc(-c2ccccc2)cc1. The van der Waals surface area contributed by atoms with Crippen LogP contribution >= 0.6 is 0 Å². The summed E-state index contributed by atoms with van der Waals surface area (Å²) >= 11 is 0. The first-order valence-electron chi connectivity index (χ1n) is 21.0. The average molecular weight is 776 g/mol. The minimum absolute atomic E-state index is 1.11. The van der Waals surface area contributed by atoms with Gasteiger partial charge in [0.1, 0.15) is 0 Å². The van der Waals surface area contributed by atoms with Gasteiger partial charge in [-0.1, -0.05) is 212 Å². The smallest absolute Gasteiger partial charge is 0.0468 e. The van der Waals surface area contributed by atoms with E-state index in [1.54, 1.807) is 0 Å². The molecule has 0 bridgehead atoms. The third-order valence-corrected chi connectivity index (χ3v) is 12.1. The summed E-state index contributed by atoms with van der Waals surface area (Å²) in [5.41, 5.74) is 13.1. The lowest BCUT2D eigenvalue weighted by molar-refractivity contribution is 1.29. The molecular formula is C60H41N. The van der Waals surface area contributed by atoms with Gasteiger partial charge in [-0.05, 0) is 124 Å². The Bertz CT molecular complexity index is 3330. The second kappa shape index (κ2) is 15.6. The Morgan fingerprint density at radius 1 is 0.279 bits per heavy atom. The van der Waals surface area contributed by atoms with Gasteiger partial charge in [-0.3, -0.25) is 0 Å². The van der Waals surface area contributed by atoms with Gasteiger partial charge in [0.15, 0.2) is 0 Å². The van der Waals surface area contributed by atoms with Gasteiger partial charge in [0.05, 0.1) is 0 Å². The first-order chi connectivity index (χ1) is 30.3. The second-order valence-corrected chi connectivity index (χ2v) is 15.7. The molecule has 11 aromatic carbocycles. The highest BCUT2D eigenvalue weighted by Crippen LogP contribution is 2.46. The highest BCUT2D eigenvalue weighted by molar-refractivity contribution is 6.24. The van der Waals surface area contributed by atoms with Crippen LogP contribution in [0.1, 0.15) is 11.1 Å². The van der Waals surface area contributed by atoms with Crippen molar-refractivity contribution in [3.8, 4) is 33.4 Å². The molecule has 0 amide bonds.